The molecule has 0 aliphatic heterocycles. The van der Waals surface area contributed by atoms with Crippen LogP contribution in [0.4, 0.5) is 0 Å². The van der Waals surface area contributed by atoms with Crippen LogP contribution in [0.1, 0.15) is 19.3 Å². The predicted octanol–water partition coefficient (Wildman–Crippen LogP) is 1.58. The fourth-order valence-electron chi connectivity index (χ4n) is 1.20. The van der Waals surface area contributed by atoms with E-state index in [-0.39, 0.29) is 0 Å². The van der Waals surface area contributed by atoms with Gasteiger partial charge in [0.15, 0.2) is 0 Å². The maximum absolute atomic E-state index is 8.82. The lowest BCUT2D eigenvalue weighted by Crippen LogP contribution is -2.06. The summed E-state index contributed by atoms with van der Waals surface area (Å²) in [5, 5.41) is 8.82. The van der Waals surface area contributed by atoms with Gasteiger partial charge in [0.25, 0.3) is 0 Å². The van der Waals surface area contributed by atoms with Gasteiger partial charge in [0, 0.05) is 6.61 Å². The zero-order valence-corrected chi connectivity index (χ0v) is 5.71. The zero-order chi connectivity index (χ0) is 6.69. The fourth-order valence-corrected chi connectivity index (χ4v) is 1.20. The van der Waals surface area contributed by atoms with Crippen LogP contribution in [0.15, 0.2) is 12.7 Å². The van der Waals surface area contributed by atoms with Crippen LogP contribution in [-0.2, 0) is 0 Å². The van der Waals surface area contributed by atoms with Crippen molar-refractivity contribution >= 4 is 0 Å². The monoisotopic (exact) mass is 126 g/mol. The maximum atomic E-state index is 8.82. The van der Waals surface area contributed by atoms with Gasteiger partial charge in [-0.05, 0) is 31.1 Å². The van der Waals surface area contributed by atoms with Crippen molar-refractivity contribution in [3.8, 4) is 0 Å². The Morgan fingerprint density at radius 1 is 1.67 bits per heavy atom. The maximum Gasteiger partial charge on any atom is 0.0464 e. The lowest BCUT2D eigenvalue weighted by Gasteiger charge is -2.07. The van der Waals surface area contributed by atoms with Crippen LogP contribution < -0.4 is 0 Å². The molecule has 0 radical (unpaired) electrons. The highest BCUT2D eigenvalue weighted by atomic mass is 16.3. The van der Waals surface area contributed by atoms with Crippen LogP contribution in [0.2, 0.25) is 0 Å². The third-order valence-electron chi connectivity index (χ3n) is 1.99. The molecule has 0 amide bonds. The molecule has 1 rings (SSSR count). The van der Waals surface area contributed by atoms with Gasteiger partial charge in [0.2, 0.25) is 0 Å². The van der Waals surface area contributed by atoms with Crippen molar-refractivity contribution in [3.63, 3.8) is 0 Å². The number of hydrogen-bond acceptors (Lipinski definition) is 1. The highest BCUT2D eigenvalue weighted by Gasteiger charge is 2.29. The third kappa shape index (κ3) is 1.83. The van der Waals surface area contributed by atoms with E-state index < -0.39 is 0 Å². The van der Waals surface area contributed by atoms with Gasteiger partial charge in [0.05, 0.1) is 0 Å². The van der Waals surface area contributed by atoms with Crippen molar-refractivity contribution < 1.29 is 5.11 Å². The van der Waals surface area contributed by atoms with Crippen LogP contribution in [0.25, 0.3) is 0 Å². The smallest absolute Gasteiger partial charge is 0.0464 e. The molecule has 0 bridgehead atoms. The Labute approximate surface area is 56.4 Å². The first-order valence-corrected chi connectivity index (χ1v) is 3.60. The molecule has 0 saturated heterocycles. The van der Waals surface area contributed by atoms with Gasteiger partial charge in [0.1, 0.15) is 0 Å². The first-order chi connectivity index (χ1) is 4.38. The van der Waals surface area contributed by atoms with E-state index >= 15 is 0 Å². The van der Waals surface area contributed by atoms with E-state index in [0.29, 0.717) is 12.5 Å². The summed E-state index contributed by atoms with van der Waals surface area (Å²) < 4.78 is 0. The summed E-state index contributed by atoms with van der Waals surface area (Å²) in [5.74, 6) is 1.33. The summed E-state index contributed by atoms with van der Waals surface area (Å²) >= 11 is 0. The van der Waals surface area contributed by atoms with Crippen LogP contribution in [-0.4, -0.2) is 11.7 Å². The summed E-state index contributed by atoms with van der Waals surface area (Å²) in [4.78, 5) is 0. The highest BCUT2D eigenvalue weighted by Crippen LogP contribution is 2.38. The molecule has 0 spiro atoms. The van der Waals surface area contributed by atoms with Crippen molar-refractivity contribution in [2.24, 2.45) is 11.8 Å². The van der Waals surface area contributed by atoms with Crippen molar-refractivity contribution in [2.45, 2.75) is 19.3 Å². The van der Waals surface area contributed by atoms with Crippen molar-refractivity contribution in [1.29, 1.82) is 0 Å². The van der Waals surface area contributed by atoms with Crippen molar-refractivity contribution in [2.75, 3.05) is 6.61 Å². The second kappa shape index (κ2) is 3.02. The Morgan fingerprint density at radius 3 is 2.67 bits per heavy atom. The number of rotatable bonds is 4. The Morgan fingerprint density at radius 2 is 2.33 bits per heavy atom. The Bertz CT molecular complexity index is 94.7. The molecule has 0 aromatic heterocycles. The molecule has 1 N–H and O–H groups in total. The second-order valence-corrected chi connectivity index (χ2v) is 2.80. The molecular weight excluding hydrogens is 112 g/mol. The first kappa shape index (κ1) is 6.81. The molecule has 1 unspecified atom stereocenters. The average molecular weight is 126 g/mol. The number of allylic oxidation sites excluding steroid dienone is 1. The van der Waals surface area contributed by atoms with Crippen LogP contribution in [0.3, 0.4) is 0 Å². The Balaban J connectivity index is 2.20. The molecule has 52 valence electrons. The molecular formula is C8H14O. The van der Waals surface area contributed by atoms with E-state index in [2.05, 4.69) is 6.58 Å². The van der Waals surface area contributed by atoms with E-state index in [0.717, 1.165) is 12.3 Å². The minimum Gasteiger partial charge on any atom is -0.396 e. The van der Waals surface area contributed by atoms with Crippen LogP contribution in [0.5, 0.6) is 0 Å². The van der Waals surface area contributed by atoms with Gasteiger partial charge in [-0.25, -0.2) is 0 Å². The van der Waals surface area contributed by atoms with Crippen molar-refractivity contribution in [1.82, 2.24) is 0 Å². The molecule has 1 heteroatoms. The van der Waals surface area contributed by atoms with Gasteiger partial charge >= 0.3 is 0 Å². The third-order valence-corrected chi connectivity index (χ3v) is 1.99. The first-order valence-electron chi connectivity index (χ1n) is 3.60. The molecule has 9 heavy (non-hydrogen) atoms. The minimum absolute atomic E-state index is 0.344. The number of aliphatic hydroxyl groups excluding tert-OH is 1. The topological polar surface area (TPSA) is 20.2 Å². The van der Waals surface area contributed by atoms with Crippen LogP contribution in [0, 0.1) is 11.8 Å². The van der Waals surface area contributed by atoms with E-state index in [1.54, 1.807) is 0 Å². The predicted molar refractivity (Wildman–Crippen MR) is 38.1 cm³/mol. The summed E-state index contributed by atoms with van der Waals surface area (Å²) in [6.07, 6.45) is 5.53. The van der Waals surface area contributed by atoms with E-state index in [1.165, 1.54) is 12.8 Å². The Kier molecular flexibility index (Phi) is 2.29. The average Bonchev–Trinajstić information content (AvgIpc) is 2.64. The number of hydrogen-bond donors (Lipinski definition) is 1. The van der Waals surface area contributed by atoms with Gasteiger partial charge in [-0.15, -0.1) is 6.58 Å². The van der Waals surface area contributed by atoms with Gasteiger partial charge in [-0.3, -0.25) is 0 Å². The van der Waals surface area contributed by atoms with Gasteiger partial charge in [-0.2, -0.15) is 0 Å². The molecule has 1 fully saturated rings. The molecule has 0 heterocycles. The summed E-state index contributed by atoms with van der Waals surface area (Å²) in [6, 6.07) is 0. The molecule has 1 nitrogen and oxygen atoms in total. The largest absolute Gasteiger partial charge is 0.396 e. The SMILES string of the molecule is C=CCC(CO)C1CC1. The Hall–Kier alpha value is -0.300. The van der Waals surface area contributed by atoms with Crippen molar-refractivity contribution in [3.05, 3.63) is 12.7 Å². The summed E-state index contributed by atoms with van der Waals surface area (Å²) in [6.45, 7) is 3.99. The van der Waals surface area contributed by atoms with E-state index in [9.17, 15) is 0 Å². The van der Waals surface area contributed by atoms with E-state index in [1.807, 2.05) is 6.08 Å². The fraction of sp³-hybridized carbons (Fsp3) is 0.750. The molecule has 1 aliphatic rings. The molecule has 1 atom stereocenters. The molecule has 1 saturated carbocycles. The summed E-state index contributed by atoms with van der Waals surface area (Å²) in [5.41, 5.74) is 0. The lowest BCUT2D eigenvalue weighted by molar-refractivity contribution is 0.211. The van der Waals surface area contributed by atoms with Gasteiger partial charge < -0.3 is 5.11 Å². The molecule has 1 aliphatic carbocycles. The summed E-state index contributed by atoms with van der Waals surface area (Å²) in [7, 11) is 0. The lowest BCUT2D eigenvalue weighted by atomic mass is 10.0. The normalized spacial score (nSPS) is 21.4. The molecule has 0 aromatic rings. The quantitative estimate of drug-likeness (QED) is 0.567. The second-order valence-electron chi connectivity index (χ2n) is 2.80. The zero-order valence-electron chi connectivity index (χ0n) is 5.71. The highest BCUT2D eigenvalue weighted by molar-refractivity contribution is 4.85. The number of aliphatic hydroxyl groups is 1. The minimum atomic E-state index is 0.344. The standard InChI is InChI=1S/C8H14O/c1-2-3-8(6-9)7-4-5-7/h2,7-9H,1,3-6H2. The van der Waals surface area contributed by atoms with E-state index in [4.69, 9.17) is 5.11 Å². The molecule has 0 aromatic carbocycles. The van der Waals surface area contributed by atoms with Gasteiger partial charge in [-0.1, -0.05) is 6.08 Å². The van der Waals surface area contributed by atoms with Crippen LogP contribution >= 0.6 is 0 Å².